The summed E-state index contributed by atoms with van der Waals surface area (Å²) >= 11 is 0. The van der Waals surface area contributed by atoms with Crippen molar-refractivity contribution < 1.29 is 26.7 Å². The molecule has 0 atom stereocenters. The number of halogens is 5. The fourth-order valence-electron chi connectivity index (χ4n) is 1.05. The molecule has 0 fully saturated rings. The molecule has 1 aromatic heterocycles. The molecule has 1 rings (SSSR count). The van der Waals surface area contributed by atoms with Crippen molar-refractivity contribution in [1.82, 2.24) is 4.98 Å². The number of H-pyrrole nitrogens is 1. The molecule has 8 heteroatoms. The molecule has 0 bridgehead atoms. The molecule has 0 aliphatic heterocycles. The molecule has 16 heavy (non-hydrogen) atoms. The summed E-state index contributed by atoms with van der Waals surface area (Å²) in [5, 5.41) is 0. The van der Waals surface area contributed by atoms with Gasteiger partial charge in [0.1, 0.15) is 0 Å². The largest absolute Gasteiger partial charge is 0.573 e. The lowest BCUT2D eigenvalue weighted by Gasteiger charge is -2.10. The molecule has 0 radical (unpaired) electrons. The van der Waals surface area contributed by atoms with Gasteiger partial charge in [0.2, 0.25) is 0 Å². The van der Waals surface area contributed by atoms with E-state index in [1.54, 1.807) is 0 Å². The Morgan fingerprint density at radius 2 is 1.94 bits per heavy atom. The number of hydrogen-bond acceptors (Lipinski definition) is 2. The Morgan fingerprint density at radius 1 is 1.38 bits per heavy atom. The van der Waals surface area contributed by atoms with Crippen molar-refractivity contribution in [2.45, 2.75) is 19.7 Å². The summed E-state index contributed by atoms with van der Waals surface area (Å²) in [6.45, 7) is 1.15. The lowest BCUT2D eigenvalue weighted by Crippen LogP contribution is -2.23. The van der Waals surface area contributed by atoms with E-state index in [1.807, 2.05) is 4.98 Å². The average molecular weight is 243 g/mol. The smallest absolute Gasteiger partial charge is 0.400 e. The number of rotatable bonds is 2. The highest BCUT2D eigenvalue weighted by Gasteiger charge is 2.33. The number of aromatic nitrogens is 1. The lowest BCUT2D eigenvalue weighted by atomic mass is 10.2. The van der Waals surface area contributed by atoms with Gasteiger partial charge in [-0.15, -0.1) is 13.2 Å². The molecule has 90 valence electrons. The third-order valence-corrected chi connectivity index (χ3v) is 1.71. The highest BCUT2D eigenvalue weighted by molar-refractivity contribution is 5.29. The summed E-state index contributed by atoms with van der Waals surface area (Å²) in [6.07, 6.45) is -8.09. The molecule has 0 spiro atoms. The van der Waals surface area contributed by atoms with Crippen LogP contribution in [-0.4, -0.2) is 11.3 Å². The Bertz CT molecular complexity index is 437. The van der Waals surface area contributed by atoms with E-state index in [-0.39, 0.29) is 5.69 Å². The zero-order chi connectivity index (χ0) is 12.5. The summed E-state index contributed by atoms with van der Waals surface area (Å²) in [5.41, 5.74) is -2.12. The van der Waals surface area contributed by atoms with Gasteiger partial charge in [-0.25, -0.2) is 8.78 Å². The fraction of sp³-hybridized carbons (Fsp3) is 0.375. The maximum absolute atomic E-state index is 12.3. The van der Waals surface area contributed by atoms with E-state index < -0.39 is 29.7 Å². The first-order valence-electron chi connectivity index (χ1n) is 3.98. The summed E-state index contributed by atoms with van der Waals surface area (Å²) in [5.74, 6) is -1.20. The van der Waals surface area contributed by atoms with Gasteiger partial charge >= 0.3 is 6.36 Å². The maximum Gasteiger partial charge on any atom is 0.573 e. The van der Waals surface area contributed by atoms with E-state index in [2.05, 4.69) is 4.74 Å². The number of aromatic amines is 1. The van der Waals surface area contributed by atoms with Crippen LogP contribution in [0.25, 0.3) is 0 Å². The van der Waals surface area contributed by atoms with Crippen LogP contribution in [0.5, 0.6) is 5.75 Å². The van der Waals surface area contributed by atoms with Crippen LogP contribution in [0.15, 0.2) is 10.9 Å². The number of hydrogen-bond donors (Lipinski definition) is 1. The number of pyridine rings is 1. The first kappa shape index (κ1) is 12.5. The van der Waals surface area contributed by atoms with E-state index >= 15 is 0 Å². The lowest BCUT2D eigenvalue weighted by molar-refractivity contribution is -0.275. The third-order valence-electron chi connectivity index (χ3n) is 1.71. The average Bonchev–Trinajstić information content (AvgIpc) is 2.07. The van der Waals surface area contributed by atoms with Crippen LogP contribution in [0.3, 0.4) is 0 Å². The minimum atomic E-state index is -5.10. The predicted molar refractivity (Wildman–Crippen MR) is 43.4 cm³/mol. The van der Waals surface area contributed by atoms with E-state index in [9.17, 15) is 26.7 Å². The molecule has 1 N–H and O–H groups in total. The van der Waals surface area contributed by atoms with Crippen LogP contribution in [0.1, 0.15) is 17.7 Å². The minimum absolute atomic E-state index is 0.200. The van der Waals surface area contributed by atoms with Crippen molar-refractivity contribution in [1.29, 1.82) is 0 Å². The number of ether oxygens (including phenoxy) is 1. The zero-order valence-electron chi connectivity index (χ0n) is 7.86. The Balaban J connectivity index is 3.20. The van der Waals surface area contributed by atoms with Gasteiger partial charge in [-0.05, 0) is 13.0 Å². The fourth-order valence-corrected chi connectivity index (χ4v) is 1.05. The molecule has 0 unspecified atom stereocenters. The molecule has 0 saturated carbocycles. The Labute approximate surface area is 85.8 Å². The second-order valence-electron chi connectivity index (χ2n) is 2.89. The van der Waals surface area contributed by atoms with Crippen molar-refractivity contribution >= 4 is 0 Å². The molecule has 0 aliphatic carbocycles. The molecular weight excluding hydrogens is 237 g/mol. The number of alkyl halides is 5. The van der Waals surface area contributed by atoms with Gasteiger partial charge in [-0.3, -0.25) is 4.79 Å². The molecule has 0 amide bonds. The van der Waals surface area contributed by atoms with Crippen LogP contribution in [0, 0.1) is 6.92 Å². The van der Waals surface area contributed by atoms with Crippen LogP contribution >= 0.6 is 0 Å². The monoisotopic (exact) mass is 243 g/mol. The normalized spacial score (nSPS) is 11.9. The van der Waals surface area contributed by atoms with Crippen molar-refractivity contribution in [3.63, 3.8) is 0 Å². The third kappa shape index (κ3) is 2.94. The zero-order valence-corrected chi connectivity index (χ0v) is 7.86. The Kier molecular flexibility index (Phi) is 3.20. The predicted octanol–water partition coefficient (Wildman–Crippen LogP) is 2.52. The summed E-state index contributed by atoms with van der Waals surface area (Å²) in [6, 6.07) is 0.381. The van der Waals surface area contributed by atoms with E-state index in [1.165, 1.54) is 0 Å². The summed E-state index contributed by atoms with van der Waals surface area (Å²) in [7, 11) is 0. The maximum atomic E-state index is 12.3. The molecule has 0 saturated heterocycles. The van der Waals surface area contributed by atoms with Crippen LogP contribution in [-0.2, 0) is 0 Å². The molecule has 3 nitrogen and oxygen atoms in total. The van der Waals surface area contributed by atoms with E-state index in [4.69, 9.17) is 0 Å². The van der Waals surface area contributed by atoms with Gasteiger partial charge in [-0.2, -0.15) is 0 Å². The van der Waals surface area contributed by atoms with Gasteiger partial charge < -0.3 is 9.72 Å². The molecular formula is C8H6F5NO2. The second kappa shape index (κ2) is 4.11. The van der Waals surface area contributed by atoms with Crippen LogP contribution < -0.4 is 10.3 Å². The first-order valence-corrected chi connectivity index (χ1v) is 3.98. The summed E-state index contributed by atoms with van der Waals surface area (Å²) in [4.78, 5) is 12.8. The molecule has 1 aromatic rings. The van der Waals surface area contributed by atoms with Gasteiger partial charge in [0, 0.05) is 11.3 Å². The topological polar surface area (TPSA) is 42.1 Å². The van der Waals surface area contributed by atoms with Crippen molar-refractivity contribution in [3.8, 4) is 5.75 Å². The van der Waals surface area contributed by atoms with Crippen LogP contribution in [0.4, 0.5) is 22.0 Å². The molecule has 1 heterocycles. The molecule has 0 aromatic carbocycles. The standard InChI is InChI=1S/C8H6F5NO2/c1-3-4(6(9)10)2-5(7(15)14-3)16-8(11,12)13/h2,6H,1H3,(H,14,15). The quantitative estimate of drug-likeness (QED) is 0.811. The SMILES string of the molecule is Cc1[nH]c(=O)c(OC(F)(F)F)cc1C(F)F. The first-order chi connectivity index (χ1) is 7.20. The van der Waals surface area contributed by atoms with Gasteiger partial charge in [0.05, 0.1) is 0 Å². The second-order valence-corrected chi connectivity index (χ2v) is 2.89. The number of aryl methyl sites for hydroxylation is 1. The summed E-state index contributed by atoms with van der Waals surface area (Å²) < 4.78 is 63.3. The highest BCUT2D eigenvalue weighted by atomic mass is 19.4. The Hall–Kier alpha value is -1.60. The van der Waals surface area contributed by atoms with Gasteiger partial charge in [0.15, 0.2) is 5.75 Å². The van der Waals surface area contributed by atoms with Crippen molar-refractivity contribution in [2.24, 2.45) is 0 Å². The minimum Gasteiger partial charge on any atom is -0.400 e. The molecule has 0 aliphatic rings. The van der Waals surface area contributed by atoms with Crippen molar-refractivity contribution in [2.75, 3.05) is 0 Å². The highest BCUT2D eigenvalue weighted by Crippen LogP contribution is 2.26. The van der Waals surface area contributed by atoms with Crippen molar-refractivity contribution in [3.05, 3.63) is 27.7 Å². The Morgan fingerprint density at radius 3 is 2.38 bits per heavy atom. The van der Waals surface area contributed by atoms with Gasteiger partial charge in [-0.1, -0.05) is 0 Å². The van der Waals surface area contributed by atoms with E-state index in [0.29, 0.717) is 6.07 Å². The van der Waals surface area contributed by atoms with Crippen LogP contribution in [0.2, 0.25) is 0 Å². The van der Waals surface area contributed by atoms with Gasteiger partial charge in [0.25, 0.3) is 12.0 Å². The van der Waals surface area contributed by atoms with E-state index in [0.717, 1.165) is 6.92 Å². The number of nitrogens with one attached hydrogen (secondary N) is 1.